The lowest BCUT2D eigenvalue weighted by atomic mass is 10.1. The molecule has 2 atom stereocenters. The summed E-state index contributed by atoms with van der Waals surface area (Å²) in [5.41, 5.74) is 3.87. The predicted molar refractivity (Wildman–Crippen MR) is 107 cm³/mol. The van der Waals surface area contributed by atoms with E-state index in [4.69, 9.17) is 5.21 Å². The van der Waals surface area contributed by atoms with Crippen LogP contribution in [0.4, 0.5) is 0 Å². The molecule has 1 N–H and O–H groups in total. The number of amides is 2. The van der Waals surface area contributed by atoms with Crippen molar-refractivity contribution in [2.45, 2.75) is 57.0 Å². The third-order valence-corrected chi connectivity index (χ3v) is 6.17. The van der Waals surface area contributed by atoms with Crippen molar-refractivity contribution < 1.29 is 14.8 Å². The van der Waals surface area contributed by atoms with Crippen molar-refractivity contribution in [3.8, 4) is 0 Å². The van der Waals surface area contributed by atoms with Gasteiger partial charge in [-0.3, -0.25) is 9.59 Å². The number of carbonyl (C=O) groups is 2. The first kappa shape index (κ1) is 18.7. The number of allylic oxidation sites excluding steroid dienone is 1. The fraction of sp³-hybridized carbons (Fsp3) is 0.500. The lowest BCUT2D eigenvalue weighted by molar-refractivity contribution is -0.143. The molecule has 1 aliphatic carbocycles. The molecule has 2 amide bonds. The van der Waals surface area contributed by atoms with Gasteiger partial charge in [-0.1, -0.05) is 41.1 Å². The lowest BCUT2D eigenvalue weighted by Gasteiger charge is -2.30. The number of nitrogens with zero attached hydrogens (tertiary/aromatic N) is 3. The number of oxime groups is 1. The minimum absolute atomic E-state index is 0.000682. The Hall–Kier alpha value is -2.63. The summed E-state index contributed by atoms with van der Waals surface area (Å²) in [6.07, 6.45) is 9.03. The van der Waals surface area contributed by atoms with E-state index >= 15 is 0 Å². The van der Waals surface area contributed by atoms with Gasteiger partial charge in [0.25, 0.3) is 0 Å². The average molecular weight is 381 g/mol. The van der Waals surface area contributed by atoms with Crippen LogP contribution >= 0.6 is 0 Å². The highest BCUT2D eigenvalue weighted by atomic mass is 16.4. The van der Waals surface area contributed by atoms with E-state index < -0.39 is 0 Å². The van der Waals surface area contributed by atoms with E-state index in [0.29, 0.717) is 19.5 Å². The van der Waals surface area contributed by atoms with Crippen LogP contribution in [-0.4, -0.2) is 58.2 Å². The Morgan fingerprint density at radius 1 is 1.14 bits per heavy atom. The second-order valence-electron chi connectivity index (χ2n) is 7.93. The fourth-order valence-corrected chi connectivity index (χ4v) is 4.73. The highest BCUT2D eigenvalue weighted by Gasteiger charge is 2.39. The van der Waals surface area contributed by atoms with Gasteiger partial charge in [0.1, 0.15) is 6.04 Å². The first-order valence-corrected chi connectivity index (χ1v) is 10.2. The van der Waals surface area contributed by atoms with Gasteiger partial charge in [0, 0.05) is 19.5 Å². The van der Waals surface area contributed by atoms with E-state index in [1.165, 1.54) is 22.9 Å². The minimum atomic E-state index is -0.366. The van der Waals surface area contributed by atoms with E-state index in [0.717, 1.165) is 38.5 Å². The molecule has 0 bridgehead atoms. The SMILES string of the molecule is O=C([C@@H]1CCCN1C(=O)CCC1=Cc2ccccc2C1)N1CCC[C@H]1C=NO. The Morgan fingerprint density at radius 3 is 2.75 bits per heavy atom. The summed E-state index contributed by atoms with van der Waals surface area (Å²) in [6.45, 7) is 1.32. The fourth-order valence-electron chi connectivity index (χ4n) is 4.73. The number of hydrogen-bond acceptors (Lipinski definition) is 4. The average Bonchev–Trinajstić information content (AvgIpc) is 3.44. The molecule has 1 aromatic rings. The van der Waals surface area contributed by atoms with E-state index in [9.17, 15) is 9.59 Å². The topological polar surface area (TPSA) is 73.2 Å². The summed E-state index contributed by atoms with van der Waals surface area (Å²) in [4.78, 5) is 29.5. The van der Waals surface area contributed by atoms with Crippen LogP contribution in [0, 0.1) is 0 Å². The number of likely N-dealkylation sites (tertiary alicyclic amines) is 2. The predicted octanol–water partition coefficient (Wildman–Crippen LogP) is 2.85. The second kappa shape index (κ2) is 8.17. The van der Waals surface area contributed by atoms with Gasteiger partial charge in [-0.25, -0.2) is 0 Å². The van der Waals surface area contributed by atoms with Gasteiger partial charge in [0.05, 0.1) is 12.3 Å². The molecule has 0 radical (unpaired) electrons. The van der Waals surface area contributed by atoms with Crippen molar-refractivity contribution in [2.75, 3.05) is 13.1 Å². The number of fused-ring (bicyclic) bond motifs is 1. The zero-order valence-electron chi connectivity index (χ0n) is 16.1. The van der Waals surface area contributed by atoms with Gasteiger partial charge in [-0.2, -0.15) is 0 Å². The van der Waals surface area contributed by atoms with Gasteiger partial charge >= 0.3 is 0 Å². The monoisotopic (exact) mass is 381 g/mol. The Kier molecular flexibility index (Phi) is 5.46. The number of carbonyl (C=O) groups excluding carboxylic acids is 2. The van der Waals surface area contributed by atoms with Crippen LogP contribution in [0.15, 0.2) is 35.0 Å². The van der Waals surface area contributed by atoms with Crippen molar-refractivity contribution in [1.29, 1.82) is 0 Å². The third-order valence-electron chi connectivity index (χ3n) is 6.17. The molecule has 2 heterocycles. The van der Waals surface area contributed by atoms with Crippen molar-refractivity contribution in [1.82, 2.24) is 9.80 Å². The van der Waals surface area contributed by atoms with Crippen LogP contribution < -0.4 is 0 Å². The van der Waals surface area contributed by atoms with Gasteiger partial charge < -0.3 is 15.0 Å². The van der Waals surface area contributed by atoms with Gasteiger partial charge in [0.2, 0.25) is 11.8 Å². The molecule has 2 fully saturated rings. The van der Waals surface area contributed by atoms with Gasteiger partial charge in [-0.05, 0) is 49.7 Å². The molecule has 2 aliphatic heterocycles. The Bertz CT molecular complexity index is 817. The zero-order chi connectivity index (χ0) is 19.5. The molecule has 4 rings (SSSR count). The Balaban J connectivity index is 1.36. The minimum Gasteiger partial charge on any atom is -0.411 e. The highest BCUT2D eigenvalue weighted by Crippen LogP contribution is 2.29. The molecule has 3 aliphatic rings. The van der Waals surface area contributed by atoms with Crippen molar-refractivity contribution in [3.63, 3.8) is 0 Å². The molecule has 6 heteroatoms. The molecule has 0 saturated carbocycles. The molecule has 0 spiro atoms. The zero-order valence-corrected chi connectivity index (χ0v) is 16.1. The van der Waals surface area contributed by atoms with Crippen LogP contribution in [0.3, 0.4) is 0 Å². The first-order chi connectivity index (χ1) is 13.7. The maximum atomic E-state index is 13.0. The lowest BCUT2D eigenvalue weighted by Crippen LogP contribution is -2.49. The Morgan fingerprint density at radius 2 is 1.93 bits per heavy atom. The van der Waals surface area contributed by atoms with Crippen LogP contribution in [0.1, 0.15) is 49.7 Å². The number of hydrogen-bond donors (Lipinski definition) is 1. The molecule has 148 valence electrons. The smallest absolute Gasteiger partial charge is 0.245 e. The second-order valence-corrected chi connectivity index (χ2v) is 7.93. The van der Waals surface area contributed by atoms with Crippen molar-refractivity contribution in [3.05, 3.63) is 41.0 Å². The van der Waals surface area contributed by atoms with Crippen LogP contribution in [0.5, 0.6) is 0 Å². The number of rotatable bonds is 5. The van der Waals surface area contributed by atoms with Gasteiger partial charge in [0.15, 0.2) is 0 Å². The summed E-state index contributed by atoms with van der Waals surface area (Å²) in [6, 6.07) is 7.82. The normalized spacial score (nSPS) is 24.1. The molecule has 0 aromatic heterocycles. The van der Waals surface area contributed by atoms with E-state index in [1.54, 1.807) is 9.80 Å². The van der Waals surface area contributed by atoms with E-state index in [1.807, 2.05) is 12.1 Å². The van der Waals surface area contributed by atoms with E-state index in [-0.39, 0.29) is 23.9 Å². The molecule has 2 saturated heterocycles. The maximum Gasteiger partial charge on any atom is 0.245 e. The summed E-state index contributed by atoms with van der Waals surface area (Å²) < 4.78 is 0. The standard InChI is InChI=1S/C22H27N3O3/c26-21(10-9-16-13-17-5-1-2-6-18(17)14-16)25-12-4-8-20(25)22(27)24-11-3-7-19(24)15-23-28/h1-2,5-6,13,15,19-20,28H,3-4,7-12,14H2/t19-,20-/m0/s1. The summed E-state index contributed by atoms with van der Waals surface area (Å²) >= 11 is 0. The van der Waals surface area contributed by atoms with E-state index in [2.05, 4.69) is 23.4 Å². The summed E-state index contributed by atoms with van der Waals surface area (Å²) in [5, 5.41) is 11.9. The third kappa shape index (κ3) is 3.68. The highest BCUT2D eigenvalue weighted by molar-refractivity contribution is 5.90. The molecule has 0 unspecified atom stereocenters. The largest absolute Gasteiger partial charge is 0.411 e. The van der Waals surface area contributed by atoms with Crippen LogP contribution in [-0.2, 0) is 16.0 Å². The van der Waals surface area contributed by atoms with Crippen LogP contribution in [0.2, 0.25) is 0 Å². The summed E-state index contributed by atoms with van der Waals surface area (Å²) in [7, 11) is 0. The van der Waals surface area contributed by atoms with Gasteiger partial charge in [-0.15, -0.1) is 0 Å². The molecule has 1 aromatic carbocycles. The Labute approximate surface area is 165 Å². The van der Waals surface area contributed by atoms with Crippen LogP contribution in [0.25, 0.3) is 6.08 Å². The molecular weight excluding hydrogens is 354 g/mol. The summed E-state index contributed by atoms with van der Waals surface area (Å²) in [5.74, 6) is 0.0695. The maximum absolute atomic E-state index is 13.0. The molecule has 6 nitrogen and oxygen atoms in total. The first-order valence-electron chi connectivity index (χ1n) is 10.2. The van der Waals surface area contributed by atoms with Crippen molar-refractivity contribution >= 4 is 24.1 Å². The number of benzene rings is 1. The molecule has 28 heavy (non-hydrogen) atoms. The quantitative estimate of drug-likeness (QED) is 0.484. The van der Waals surface area contributed by atoms with Crippen molar-refractivity contribution in [2.24, 2.45) is 5.16 Å². The molecular formula is C22H27N3O3.